The quantitative estimate of drug-likeness (QED) is 0.504. The Labute approximate surface area is 153 Å². The molecule has 0 spiro atoms. The average Bonchev–Trinajstić information content (AvgIpc) is 3.01. The van der Waals surface area contributed by atoms with E-state index in [9.17, 15) is 4.79 Å². The van der Waals surface area contributed by atoms with Crippen molar-refractivity contribution in [3.05, 3.63) is 23.2 Å². The number of rotatable bonds is 9. The van der Waals surface area contributed by atoms with Crippen LogP contribution in [0.15, 0.2) is 22.5 Å². The Morgan fingerprint density at radius 2 is 2.21 bits per heavy atom. The van der Waals surface area contributed by atoms with E-state index in [4.69, 9.17) is 21.1 Å². The third-order valence-corrected chi connectivity index (χ3v) is 5.00. The van der Waals surface area contributed by atoms with Crippen molar-refractivity contribution in [3.63, 3.8) is 0 Å². The molecule has 1 aromatic heterocycles. The molecular formula is C14H17ClN4O3S2. The van der Waals surface area contributed by atoms with Gasteiger partial charge in [-0.2, -0.15) is 0 Å². The van der Waals surface area contributed by atoms with Crippen molar-refractivity contribution in [2.45, 2.75) is 4.34 Å². The summed E-state index contributed by atoms with van der Waals surface area (Å²) < 4.78 is 10.9. The normalized spacial score (nSPS) is 10.5. The minimum absolute atomic E-state index is 0.176. The predicted octanol–water partition coefficient (Wildman–Crippen LogP) is 2.99. The fourth-order valence-corrected chi connectivity index (χ4v) is 3.44. The molecule has 0 aliphatic heterocycles. The zero-order valence-corrected chi connectivity index (χ0v) is 15.6. The first-order valence-electron chi connectivity index (χ1n) is 6.95. The van der Waals surface area contributed by atoms with Crippen LogP contribution in [0.3, 0.4) is 0 Å². The molecule has 1 aromatic carbocycles. The van der Waals surface area contributed by atoms with E-state index in [1.165, 1.54) is 30.2 Å². The van der Waals surface area contributed by atoms with Crippen LogP contribution in [0.25, 0.3) is 0 Å². The molecule has 0 saturated heterocycles. The molecule has 130 valence electrons. The lowest BCUT2D eigenvalue weighted by Crippen LogP contribution is -2.14. The van der Waals surface area contributed by atoms with Crippen LogP contribution in [-0.4, -0.2) is 49.2 Å². The Morgan fingerprint density at radius 1 is 1.38 bits per heavy atom. The van der Waals surface area contributed by atoms with E-state index >= 15 is 0 Å². The number of thioether (sulfide) groups is 1. The molecule has 0 atom stereocenters. The van der Waals surface area contributed by atoms with Gasteiger partial charge >= 0.3 is 0 Å². The molecule has 0 unspecified atom stereocenters. The third-order valence-electron chi connectivity index (χ3n) is 2.75. The van der Waals surface area contributed by atoms with Gasteiger partial charge in [-0.3, -0.25) is 4.79 Å². The van der Waals surface area contributed by atoms with E-state index in [0.29, 0.717) is 39.1 Å². The second-order valence-corrected chi connectivity index (χ2v) is 7.11. The average molecular weight is 389 g/mol. The maximum absolute atomic E-state index is 12.1. The number of methoxy groups -OCH3 is 2. The second-order valence-electron chi connectivity index (χ2n) is 4.47. The number of carbonyl (C=O) groups is 1. The zero-order chi connectivity index (χ0) is 17.4. The van der Waals surface area contributed by atoms with E-state index in [0.717, 1.165) is 0 Å². The minimum atomic E-state index is -0.176. The standard InChI is InChI=1S/C14H17ClN4O3S2/c1-21-6-5-16-13-18-19-14(24-13)23-8-12(20)17-10-7-9(15)3-4-11(10)22-2/h3-4,7H,5-6,8H2,1-2H3,(H,16,18)(H,17,20). The summed E-state index contributed by atoms with van der Waals surface area (Å²) in [4.78, 5) is 12.1. The first-order chi connectivity index (χ1) is 11.6. The number of amides is 1. The Morgan fingerprint density at radius 3 is 2.96 bits per heavy atom. The molecule has 0 aliphatic carbocycles. The number of hydrogen-bond donors (Lipinski definition) is 2. The van der Waals surface area contributed by atoms with Gasteiger partial charge in [-0.25, -0.2) is 0 Å². The lowest BCUT2D eigenvalue weighted by molar-refractivity contribution is -0.113. The maximum Gasteiger partial charge on any atom is 0.234 e. The largest absolute Gasteiger partial charge is 0.495 e. The molecule has 10 heteroatoms. The number of ether oxygens (including phenoxy) is 2. The summed E-state index contributed by atoms with van der Waals surface area (Å²) in [6, 6.07) is 5.05. The maximum atomic E-state index is 12.1. The first kappa shape index (κ1) is 18.8. The first-order valence-corrected chi connectivity index (χ1v) is 9.13. The number of hydrogen-bond acceptors (Lipinski definition) is 8. The third kappa shape index (κ3) is 5.82. The van der Waals surface area contributed by atoms with Crippen LogP contribution in [-0.2, 0) is 9.53 Å². The van der Waals surface area contributed by atoms with E-state index < -0.39 is 0 Å². The van der Waals surface area contributed by atoms with Crippen LogP contribution < -0.4 is 15.4 Å². The van der Waals surface area contributed by atoms with Crippen LogP contribution in [0, 0.1) is 0 Å². The molecule has 0 radical (unpaired) electrons. The molecule has 0 bridgehead atoms. The summed E-state index contributed by atoms with van der Waals surface area (Å²) in [6.07, 6.45) is 0. The summed E-state index contributed by atoms with van der Waals surface area (Å²) >= 11 is 8.64. The summed E-state index contributed by atoms with van der Waals surface area (Å²) in [5.41, 5.74) is 0.537. The van der Waals surface area contributed by atoms with Crippen molar-refractivity contribution < 1.29 is 14.3 Å². The van der Waals surface area contributed by atoms with Crippen molar-refractivity contribution in [1.29, 1.82) is 0 Å². The van der Waals surface area contributed by atoms with E-state index in [1.807, 2.05) is 0 Å². The highest BCUT2D eigenvalue weighted by atomic mass is 35.5. The van der Waals surface area contributed by atoms with Gasteiger partial charge in [0.05, 0.1) is 25.2 Å². The number of nitrogens with zero attached hydrogens (tertiary/aromatic N) is 2. The molecule has 1 heterocycles. The van der Waals surface area contributed by atoms with E-state index in [1.54, 1.807) is 25.3 Å². The molecule has 2 aromatic rings. The highest BCUT2D eigenvalue weighted by Gasteiger charge is 2.11. The number of halogens is 1. The van der Waals surface area contributed by atoms with Gasteiger partial charge in [0, 0.05) is 18.7 Å². The number of anilines is 2. The van der Waals surface area contributed by atoms with Gasteiger partial charge in [-0.15, -0.1) is 10.2 Å². The smallest absolute Gasteiger partial charge is 0.234 e. The van der Waals surface area contributed by atoms with E-state index in [2.05, 4.69) is 20.8 Å². The number of carbonyl (C=O) groups excluding carboxylic acids is 1. The monoisotopic (exact) mass is 388 g/mol. The van der Waals surface area contributed by atoms with Gasteiger partial charge in [0.2, 0.25) is 11.0 Å². The van der Waals surface area contributed by atoms with Crippen LogP contribution in [0.4, 0.5) is 10.8 Å². The van der Waals surface area contributed by atoms with Gasteiger partial charge < -0.3 is 20.1 Å². The Kier molecular flexibility index (Phi) is 7.57. The lowest BCUT2D eigenvalue weighted by atomic mass is 10.3. The van der Waals surface area contributed by atoms with Crippen molar-refractivity contribution in [2.75, 3.05) is 43.8 Å². The van der Waals surface area contributed by atoms with Crippen LogP contribution in [0.5, 0.6) is 5.75 Å². The van der Waals surface area contributed by atoms with Crippen molar-refractivity contribution in [2.24, 2.45) is 0 Å². The fourth-order valence-electron chi connectivity index (χ4n) is 1.69. The number of aromatic nitrogens is 2. The van der Waals surface area contributed by atoms with Crippen molar-refractivity contribution in [3.8, 4) is 5.75 Å². The van der Waals surface area contributed by atoms with Gasteiger partial charge in [0.25, 0.3) is 0 Å². The number of benzene rings is 1. The zero-order valence-electron chi connectivity index (χ0n) is 13.2. The molecular weight excluding hydrogens is 372 g/mol. The molecule has 0 fully saturated rings. The summed E-state index contributed by atoms with van der Waals surface area (Å²) in [6.45, 7) is 1.25. The van der Waals surface area contributed by atoms with Crippen LogP contribution in [0.2, 0.25) is 5.02 Å². The molecule has 2 rings (SSSR count). The Bertz CT molecular complexity index is 684. The van der Waals surface area contributed by atoms with Crippen LogP contribution in [0.1, 0.15) is 0 Å². The molecule has 2 N–H and O–H groups in total. The van der Waals surface area contributed by atoms with Crippen molar-refractivity contribution >= 4 is 51.4 Å². The van der Waals surface area contributed by atoms with Gasteiger partial charge in [0.15, 0.2) is 4.34 Å². The van der Waals surface area contributed by atoms with Gasteiger partial charge in [-0.1, -0.05) is 34.7 Å². The fraction of sp³-hybridized carbons (Fsp3) is 0.357. The number of nitrogens with one attached hydrogen (secondary N) is 2. The summed E-state index contributed by atoms with van der Waals surface area (Å²) in [5, 5.41) is 15.1. The predicted molar refractivity (Wildman–Crippen MR) is 97.6 cm³/mol. The Balaban J connectivity index is 1.84. The van der Waals surface area contributed by atoms with Gasteiger partial charge in [0.1, 0.15) is 5.75 Å². The van der Waals surface area contributed by atoms with Crippen molar-refractivity contribution in [1.82, 2.24) is 10.2 Å². The highest BCUT2D eigenvalue weighted by molar-refractivity contribution is 8.01. The molecule has 7 nitrogen and oxygen atoms in total. The Hall–Kier alpha value is -1.55. The molecule has 0 saturated carbocycles. The highest BCUT2D eigenvalue weighted by Crippen LogP contribution is 2.29. The summed E-state index contributed by atoms with van der Waals surface area (Å²) in [5.74, 6) is 0.588. The van der Waals surface area contributed by atoms with Gasteiger partial charge in [-0.05, 0) is 18.2 Å². The molecule has 24 heavy (non-hydrogen) atoms. The topological polar surface area (TPSA) is 85.4 Å². The lowest BCUT2D eigenvalue weighted by Gasteiger charge is -2.09. The molecule has 0 aliphatic rings. The van der Waals surface area contributed by atoms with E-state index in [-0.39, 0.29) is 11.7 Å². The minimum Gasteiger partial charge on any atom is -0.495 e. The van der Waals surface area contributed by atoms with Crippen LogP contribution >= 0.6 is 34.7 Å². The summed E-state index contributed by atoms with van der Waals surface area (Å²) in [7, 11) is 3.17. The SMILES string of the molecule is COCCNc1nnc(SCC(=O)Nc2cc(Cl)ccc2OC)s1. The molecule has 1 amide bonds. The second kappa shape index (κ2) is 9.67.